The number of hydrogen-bond donors (Lipinski definition) is 6. The topological polar surface area (TPSA) is 301 Å². The number of aliphatic hydroxyl groups is 2. The van der Waals surface area contributed by atoms with Crippen LogP contribution in [0.25, 0.3) is 0 Å². The van der Waals surface area contributed by atoms with Crippen molar-refractivity contribution in [2.75, 3.05) is 75.4 Å². The second-order valence-corrected chi connectivity index (χ2v) is 31.6. The number of benzene rings is 4. The molecule has 2 amide bonds. The molecular formula is C68H84Cl2N6O14S2. The average molecular weight is 1340 g/mol. The standard InChI is InChI=1S/2C34H42ClN3O7S/c2*1-21(39)37-17-25(32(18-37)46(36,43)44)4-2-6-30(40)27-10-7-24(27)16-38-19-34(13-3-5-22-14-26(35)9-11-28(22)34)20-45-31-12-8-23(33(41)42)15-29(31)38/h2*2,6,8-9,11-12,14-15,24-25,27,30,32,40H,3-5,7,10,13,16-20H2,1H3,(H,41,42)(H2,36,43,44)/b2*6-2+/t24-,25+,27+,30-,32+,34-;24-,25-,27+,30-,32-,34-/m00/s1. The maximum Gasteiger partial charge on any atom is 0.335 e. The number of ether oxygens (including phenoxy) is 2. The van der Waals surface area contributed by atoms with Crippen molar-refractivity contribution in [3.63, 3.8) is 0 Å². The van der Waals surface area contributed by atoms with Gasteiger partial charge in [0, 0.05) is 87.1 Å². The lowest BCUT2D eigenvalue weighted by Gasteiger charge is -2.45. The Kier molecular flexibility index (Phi) is 19.9. The Morgan fingerprint density at radius 1 is 0.587 bits per heavy atom. The number of likely N-dealkylation sites (tertiary alicyclic amines) is 2. The number of halogens is 2. The zero-order chi connectivity index (χ0) is 65.6. The Bertz CT molecular complexity index is 3540. The smallest absolute Gasteiger partial charge is 0.335 e. The van der Waals surface area contributed by atoms with E-state index in [2.05, 4.69) is 21.9 Å². The maximum atomic E-state index is 12.2. The van der Waals surface area contributed by atoms with Crippen LogP contribution < -0.4 is 29.6 Å². The number of hydrogen-bond acceptors (Lipinski definition) is 14. The van der Waals surface area contributed by atoms with Gasteiger partial charge in [-0.05, 0) is 195 Å². The van der Waals surface area contributed by atoms with Crippen LogP contribution >= 0.6 is 23.2 Å². The van der Waals surface area contributed by atoms with Crippen molar-refractivity contribution in [3.05, 3.63) is 141 Å². The number of allylic oxidation sites excluding steroid dienone is 2. The summed E-state index contributed by atoms with van der Waals surface area (Å²) in [6, 6.07) is 22.2. The second kappa shape index (κ2) is 27.2. The highest BCUT2D eigenvalue weighted by Gasteiger charge is 2.48. The molecule has 12 rings (SSSR count). The van der Waals surface area contributed by atoms with Crippen LogP contribution in [0, 0.1) is 35.5 Å². The molecule has 12 atom stereocenters. The fourth-order valence-electron chi connectivity index (χ4n) is 16.1. The number of fused-ring (bicyclic) bond motifs is 6. The fourth-order valence-corrected chi connectivity index (χ4v) is 18.7. The molecule has 4 aliphatic carbocycles. The summed E-state index contributed by atoms with van der Waals surface area (Å²) in [6.07, 6.45) is 15.7. The van der Waals surface area contributed by atoms with Gasteiger partial charge in [-0.15, -0.1) is 0 Å². The number of rotatable bonds is 16. The molecule has 4 aromatic carbocycles. The van der Waals surface area contributed by atoms with Crippen LogP contribution in [0.15, 0.2) is 97.1 Å². The van der Waals surface area contributed by atoms with Crippen molar-refractivity contribution in [3.8, 4) is 11.5 Å². The third-order valence-electron chi connectivity index (χ3n) is 21.3. The number of aryl methyl sites for hydroxylation is 2. The molecule has 4 aliphatic heterocycles. The zero-order valence-corrected chi connectivity index (χ0v) is 55.1. The molecule has 8 N–H and O–H groups in total. The quantitative estimate of drug-likeness (QED) is 0.0580. The van der Waals surface area contributed by atoms with E-state index in [-0.39, 0.29) is 82.4 Å². The third-order valence-corrected chi connectivity index (χ3v) is 24.6. The van der Waals surface area contributed by atoms with E-state index in [9.17, 15) is 56.4 Å². The largest absolute Gasteiger partial charge is 0.490 e. The van der Waals surface area contributed by atoms with E-state index in [0.29, 0.717) is 86.9 Å². The van der Waals surface area contributed by atoms with Gasteiger partial charge in [-0.2, -0.15) is 0 Å². The van der Waals surface area contributed by atoms with E-state index in [0.717, 1.165) is 75.6 Å². The molecule has 4 aromatic rings. The number of nitrogens with zero attached hydrogens (tertiary/aromatic N) is 4. The highest BCUT2D eigenvalue weighted by molar-refractivity contribution is 7.90. The molecule has 92 heavy (non-hydrogen) atoms. The third kappa shape index (κ3) is 14.4. The van der Waals surface area contributed by atoms with Crippen molar-refractivity contribution in [1.82, 2.24) is 9.80 Å². The predicted octanol–water partition coefficient (Wildman–Crippen LogP) is 7.96. The van der Waals surface area contributed by atoms with E-state index in [1.54, 1.807) is 48.6 Å². The summed E-state index contributed by atoms with van der Waals surface area (Å²) in [5, 5.41) is 52.8. The summed E-state index contributed by atoms with van der Waals surface area (Å²) in [5.41, 5.74) is 6.18. The Balaban J connectivity index is 0.000000188. The number of carbonyl (C=O) groups is 4. The number of primary sulfonamides is 2. The van der Waals surface area contributed by atoms with Crippen LogP contribution in [0.2, 0.25) is 10.0 Å². The van der Waals surface area contributed by atoms with E-state index in [1.165, 1.54) is 45.9 Å². The van der Waals surface area contributed by atoms with Gasteiger partial charge in [0.2, 0.25) is 31.9 Å². The van der Waals surface area contributed by atoms with Crippen molar-refractivity contribution < 1.29 is 65.9 Å². The first kappa shape index (κ1) is 67.2. The molecule has 2 spiro atoms. The molecule has 8 aliphatic rings. The monoisotopic (exact) mass is 1340 g/mol. The van der Waals surface area contributed by atoms with E-state index < -0.39 is 54.7 Å². The number of amides is 2. The van der Waals surface area contributed by atoms with E-state index >= 15 is 0 Å². The van der Waals surface area contributed by atoms with E-state index in [4.69, 9.17) is 43.0 Å². The molecule has 0 radical (unpaired) electrons. The van der Waals surface area contributed by atoms with Gasteiger partial charge in [0.1, 0.15) is 11.5 Å². The maximum absolute atomic E-state index is 12.2. The number of carboxylic acid groups (broad SMARTS) is 2. The highest BCUT2D eigenvalue weighted by Crippen LogP contribution is 2.49. The molecule has 496 valence electrons. The van der Waals surface area contributed by atoms with Gasteiger partial charge in [0.15, 0.2) is 0 Å². The van der Waals surface area contributed by atoms with E-state index in [1.807, 2.05) is 36.4 Å². The molecule has 0 unspecified atom stereocenters. The minimum absolute atomic E-state index is 0.00809. The van der Waals surface area contributed by atoms with Crippen molar-refractivity contribution in [2.45, 2.75) is 124 Å². The SMILES string of the molecule is CC(=O)N1C[C@@H](C/C=C/[C@H](O)[C@@H]2CC[C@H]2CN2C[C@@]3(CCCc4cc(Cl)ccc43)COc3ccc(C(=O)O)cc32)[C@H](S(N)(=O)=O)C1.CC(=O)N1C[C@H](C/C=C/[C@H](O)[C@@H]2CC[C@H]2CN2C[C@@]3(CCCc4cc(Cl)ccc43)COc3ccc(C(=O)O)cc32)[C@@H](S(N)(=O)=O)C1. The van der Waals surface area contributed by atoms with Crippen LogP contribution in [-0.4, -0.2) is 159 Å². The Hall–Kier alpha value is -6.24. The number of sulfonamides is 2. The number of aromatic carboxylic acids is 2. The van der Waals surface area contributed by atoms with Crippen LogP contribution in [-0.2, 0) is 53.3 Å². The lowest BCUT2D eigenvalue weighted by Crippen LogP contribution is -2.49. The Morgan fingerprint density at radius 3 is 1.34 bits per heavy atom. The van der Waals surface area contributed by atoms with Crippen LogP contribution in [0.5, 0.6) is 11.5 Å². The highest BCUT2D eigenvalue weighted by atomic mass is 35.5. The van der Waals surface area contributed by atoms with Gasteiger partial charge in [-0.3, -0.25) is 9.59 Å². The first-order valence-corrected chi connectivity index (χ1v) is 36.0. The van der Waals surface area contributed by atoms with Crippen LogP contribution in [0.4, 0.5) is 11.4 Å². The lowest BCUT2D eigenvalue weighted by atomic mass is 9.68. The first-order valence-electron chi connectivity index (χ1n) is 32.0. The summed E-state index contributed by atoms with van der Waals surface area (Å²) in [7, 11) is -7.64. The minimum Gasteiger partial charge on any atom is -0.490 e. The molecule has 24 heteroatoms. The first-order chi connectivity index (χ1) is 43.7. The number of aliphatic hydroxyl groups excluding tert-OH is 2. The molecular weight excluding hydrogens is 1260 g/mol. The number of anilines is 2. The second-order valence-electron chi connectivity index (χ2n) is 27.1. The van der Waals surface area contributed by atoms with Crippen LogP contribution in [0.1, 0.15) is 121 Å². The molecule has 20 nitrogen and oxygen atoms in total. The Labute approximate surface area is 548 Å². The zero-order valence-electron chi connectivity index (χ0n) is 52.0. The number of carboxylic acids is 2. The number of carbonyl (C=O) groups excluding carboxylic acids is 2. The van der Waals surface area contributed by atoms with Gasteiger partial charge in [-0.25, -0.2) is 36.7 Å². The molecule has 0 bridgehead atoms. The summed E-state index contributed by atoms with van der Waals surface area (Å²) in [4.78, 5) is 55.2. The van der Waals surface area contributed by atoms with Gasteiger partial charge in [0.25, 0.3) is 0 Å². The molecule has 2 saturated heterocycles. The average Bonchev–Trinajstić information content (AvgIpc) is 1.43. The molecule has 2 saturated carbocycles. The summed E-state index contributed by atoms with van der Waals surface area (Å²) in [6.45, 7) is 7.13. The Morgan fingerprint density at radius 2 is 0.989 bits per heavy atom. The number of nitrogens with two attached hydrogens (primary N) is 2. The minimum atomic E-state index is -3.82. The lowest BCUT2D eigenvalue weighted by molar-refractivity contribution is -0.128. The summed E-state index contributed by atoms with van der Waals surface area (Å²) >= 11 is 12.7. The van der Waals surface area contributed by atoms with Gasteiger partial charge < -0.3 is 49.5 Å². The fraction of sp³-hybridized carbons (Fsp3) is 0.529. The summed E-state index contributed by atoms with van der Waals surface area (Å²) in [5.74, 6) is -1.44. The van der Waals surface area contributed by atoms with Crippen molar-refractivity contribution in [2.24, 2.45) is 45.8 Å². The van der Waals surface area contributed by atoms with Gasteiger partial charge >= 0.3 is 11.9 Å². The molecule has 4 heterocycles. The molecule has 4 fully saturated rings. The normalized spacial score (nSPS) is 28.3. The van der Waals surface area contributed by atoms with Crippen molar-refractivity contribution in [1.29, 1.82) is 0 Å². The predicted molar refractivity (Wildman–Crippen MR) is 352 cm³/mol. The van der Waals surface area contributed by atoms with Crippen LogP contribution in [0.3, 0.4) is 0 Å². The molecule has 0 aromatic heterocycles. The van der Waals surface area contributed by atoms with Crippen molar-refractivity contribution >= 4 is 78.4 Å². The van der Waals surface area contributed by atoms with Gasteiger partial charge in [0.05, 0.1) is 58.4 Å². The van der Waals surface area contributed by atoms with Gasteiger partial charge in [-0.1, -0.05) is 59.6 Å². The summed E-state index contributed by atoms with van der Waals surface area (Å²) < 4.78 is 61.6.